The van der Waals surface area contributed by atoms with Gasteiger partial charge < -0.3 is 19.7 Å². The normalized spacial score (nSPS) is 14.5. The summed E-state index contributed by atoms with van der Waals surface area (Å²) < 4.78 is 5.24. The Bertz CT molecular complexity index is 906. The molecule has 1 fully saturated rings. The molecule has 1 aromatic carbocycles. The largest absolute Gasteiger partial charge is 0.464 e. The third-order valence-corrected chi connectivity index (χ3v) is 3.79. The Balaban J connectivity index is 2.27. The van der Waals surface area contributed by atoms with Crippen LogP contribution in [0.25, 0.3) is 10.9 Å². The van der Waals surface area contributed by atoms with Gasteiger partial charge in [-0.15, -0.1) is 0 Å². The number of nitrogens with one attached hydrogen (secondary N) is 1. The fraction of sp³-hybridized carbons (Fsp3) is 0.308. The number of aromatic amines is 1. The van der Waals surface area contributed by atoms with E-state index in [1.54, 1.807) is 4.90 Å². The first-order chi connectivity index (χ1) is 11.9. The summed E-state index contributed by atoms with van der Waals surface area (Å²) in [6, 6.07) is 2.57. The van der Waals surface area contributed by atoms with Crippen molar-refractivity contribution in [3.63, 3.8) is 0 Å². The molecule has 0 atom stereocenters. The summed E-state index contributed by atoms with van der Waals surface area (Å²) in [6.45, 7) is 1.68. The van der Waals surface area contributed by atoms with Gasteiger partial charge >= 0.3 is 11.8 Å². The Hall–Kier alpha value is -3.25. The molecule has 1 amide bonds. The van der Waals surface area contributed by atoms with Gasteiger partial charge in [-0.25, -0.2) is 15.4 Å². The molecule has 0 spiro atoms. The van der Waals surface area contributed by atoms with Gasteiger partial charge in [-0.1, -0.05) is 0 Å². The van der Waals surface area contributed by atoms with E-state index < -0.39 is 16.7 Å². The molecule has 1 saturated heterocycles. The molecule has 4 N–H and O–H groups in total. The number of nitrogens with zero attached hydrogens (tertiary/aromatic N) is 4. The fourth-order valence-corrected chi connectivity index (χ4v) is 2.64. The molecule has 2 heterocycles. The minimum Gasteiger partial charge on any atom is -0.464 e. The van der Waals surface area contributed by atoms with Crippen molar-refractivity contribution >= 4 is 34.2 Å². The first-order valence-electron chi connectivity index (χ1n) is 7.21. The van der Waals surface area contributed by atoms with Gasteiger partial charge in [0.05, 0.1) is 23.7 Å². The number of hydrazine groups is 1. The second kappa shape index (κ2) is 6.33. The third kappa shape index (κ3) is 3.07. The van der Waals surface area contributed by atoms with Gasteiger partial charge in [-0.3, -0.25) is 10.1 Å². The molecule has 0 unspecified atom stereocenters. The van der Waals surface area contributed by atoms with Crippen molar-refractivity contribution in [3.05, 3.63) is 32.7 Å². The molecule has 25 heavy (non-hydrogen) atoms. The molecule has 1 aromatic heterocycles. The van der Waals surface area contributed by atoms with Crippen LogP contribution in [-0.2, 0) is 4.74 Å². The van der Waals surface area contributed by atoms with E-state index in [9.17, 15) is 19.7 Å². The highest BCUT2D eigenvalue weighted by atomic mass is 16.6. The lowest BCUT2D eigenvalue weighted by Gasteiger charge is -2.28. The van der Waals surface area contributed by atoms with Gasteiger partial charge in [-0.2, -0.15) is 9.99 Å². The van der Waals surface area contributed by atoms with Crippen LogP contribution in [0.1, 0.15) is 0 Å². The zero-order valence-corrected chi connectivity index (χ0v) is 12.8. The number of carbonyl (C=O) groups is 1. The summed E-state index contributed by atoms with van der Waals surface area (Å²) in [5, 5.41) is 21.0. The number of aromatic nitrogens is 2. The average molecular weight is 350 g/mol. The van der Waals surface area contributed by atoms with E-state index in [-0.39, 0.29) is 28.1 Å². The lowest BCUT2D eigenvalue weighted by molar-refractivity contribution is -0.384. The number of nitrogens with two attached hydrogens (primary N) is 1. The van der Waals surface area contributed by atoms with Crippen molar-refractivity contribution in [3.8, 4) is 0 Å². The number of hydrogen-bond acceptors (Lipinski definition) is 8. The second-order valence-corrected chi connectivity index (χ2v) is 5.26. The van der Waals surface area contributed by atoms with Gasteiger partial charge in [0.2, 0.25) is 0 Å². The van der Waals surface area contributed by atoms with Crippen LogP contribution in [-0.4, -0.2) is 52.4 Å². The Morgan fingerprint density at radius 2 is 2.12 bits per heavy atom. The average Bonchev–Trinajstić information content (AvgIpc) is 2.59. The van der Waals surface area contributed by atoms with Crippen LogP contribution >= 0.6 is 0 Å². The molecular formula is C13H14N6O6. The predicted octanol–water partition coefficient (Wildman–Crippen LogP) is 0.0260. The molecule has 12 heteroatoms. The van der Waals surface area contributed by atoms with Crippen LogP contribution in [0.4, 0.5) is 22.0 Å². The van der Waals surface area contributed by atoms with E-state index in [4.69, 9.17) is 15.7 Å². The van der Waals surface area contributed by atoms with E-state index in [1.807, 2.05) is 0 Å². The lowest BCUT2D eigenvalue weighted by atomic mass is 10.1. The Labute approximate surface area is 139 Å². The van der Waals surface area contributed by atoms with Crippen molar-refractivity contribution in [2.24, 2.45) is 5.84 Å². The summed E-state index contributed by atoms with van der Waals surface area (Å²) in [6.07, 6.45) is -1.52. The van der Waals surface area contributed by atoms with Gasteiger partial charge in [0.25, 0.3) is 5.69 Å². The lowest BCUT2D eigenvalue weighted by Crippen LogP contribution is -2.38. The SMILES string of the molecule is NN(C(=O)O)c1nc(=O)[nH]c2cc([N+](=O)[O-])c(N3CCOCC3)cc12. The number of benzene rings is 1. The Kier molecular flexibility index (Phi) is 4.21. The van der Waals surface area contributed by atoms with Gasteiger partial charge in [0.15, 0.2) is 5.82 Å². The van der Waals surface area contributed by atoms with Crippen LogP contribution in [0.5, 0.6) is 0 Å². The van der Waals surface area contributed by atoms with Gasteiger partial charge in [-0.05, 0) is 6.07 Å². The first kappa shape index (κ1) is 16.6. The van der Waals surface area contributed by atoms with Crippen molar-refractivity contribution < 1.29 is 19.6 Å². The van der Waals surface area contributed by atoms with Crippen molar-refractivity contribution in [2.75, 3.05) is 36.2 Å². The van der Waals surface area contributed by atoms with Gasteiger partial charge in [0.1, 0.15) is 5.69 Å². The van der Waals surface area contributed by atoms with E-state index in [1.165, 1.54) is 12.1 Å². The smallest absolute Gasteiger partial charge is 0.427 e. The maximum absolute atomic E-state index is 11.7. The summed E-state index contributed by atoms with van der Waals surface area (Å²) in [5.74, 6) is 5.14. The zero-order chi connectivity index (χ0) is 18.1. The fourth-order valence-electron chi connectivity index (χ4n) is 2.64. The number of nitro benzene ring substituents is 1. The Morgan fingerprint density at radius 3 is 2.72 bits per heavy atom. The molecular weight excluding hydrogens is 336 g/mol. The predicted molar refractivity (Wildman–Crippen MR) is 86.7 cm³/mol. The molecule has 2 aromatic rings. The Morgan fingerprint density at radius 1 is 1.44 bits per heavy atom. The number of nitro groups is 1. The summed E-state index contributed by atoms with van der Waals surface area (Å²) in [5.41, 5.74) is -0.751. The minimum atomic E-state index is -1.52. The van der Waals surface area contributed by atoms with Crippen LogP contribution in [0.15, 0.2) is 16.9 Å². The highest BCUT2D eigenvalue weighted by Gasteiger charge is 2.25. The minimum absolute atomic E-state index is 0.0652. The summed E-state index contributed by atoms with van der Waals surface area (Å²) in [7, 11) is 0. The monoisotopic (exact) mass is 350 g/mol. The first-order valence-corrected chi connectivity index (χ1v) is 7.21. The van der Waals surface area contributed by atoms with Crippen molar-refractivity contribution in [1.29, 1.82) is 0 Å². The number of anilines is 2. The molecule has 3 rings (SSSR count). The third-order valence-electron chi connectivity index (χ3n) is 3.79. The number of rotatable bonds is 3. The molecule has 0 radical (unpaired) electrons. The molecule has 0 bridgehead atoms. The van der Waals surface area contributed by atoms with E-state index >= 15 is 0 Å². The number of amides is 1. The number of fused-ring (bicyclic) bond motifs is 1. The zero-order valence-electron chi connectivity index (χ0n) is 12.8. The summed E-state index contributed by atoms with van der Waals surface area (Å²) in [4.78, 5) is 41.3. The van der Waals surface area contributed by atoms with Gasteiger partial charge in [0, 0.05) is 24.5 Å². The van der Waals surface area contributed by atoms with Crippen LogP contribution < -0.4 is 21.4 Å². The second-order valence-electron chi connectivity index (χ2n) is 5.26. The van der Waals surface area contributed by atoms with E-state index in [0.29, 0.717) is 31.3 Å². The van der Waals surface area contributed by atoms with Crippen LogP contribution in [0.2, 0.25) is 0 Å². The number of ether oxygens (including phenoxy) is 1. The number of morpholine rings is 1. The topological polar surface area (TPSA) is 168 Å². The van der Waals surface area contributed by atoms with Crippen molar-refractivity contribution in [2.45, 2.75) is 0 Å². The molecule has 0 saturated carbocycles. The number of carboxylic acid groups (broad SMARTS) is 1. The highest BCUT2D eigenvalue weighted by molar-refractivity contribution is 6.00. The van der Waals surface area contributed by atoms with Crippen LogP contribution in [0.3, 0.4) is 0 Å². The summed E-state index contributed by atoms with van der Waals surface area (Å²) >= 11 is 0. The maximum atomic E-state index is 11.7. The number of hydrogen-bond donors (Lipinski definition) is 3. The van der Waals surface area contributed by atoms with E-state index in [2.05, 4.69) is 9.97 Å². The van der Waals surface area contributed by atoms with E-state index in [0.717, 1.165) is 0 Å². The number of H-pyrrole nitrogens is 1. The standard InChI is InChI=1S/C13H14N6O6/c14-18(13(21)22)11-7-5-9(17-1-3-25-4-2-17)10(19(23)24)6-8(7)15-12(20)16-11/h5-6H,1-4,14H2,(H,21,22)(H,15,16,20). The van der Waals surface area contributed by atoms with Crippen molar-refractivity contribution in [1.82, 2.24) is 9.97 Å². The molecule has 1 aliphatic heterocycles. The molecule has 132 valence electrons. The molecule has 0 aliphatic carbocycles. The highest BCUT2D eigenvalue weighted by Crippen LogP contribution is 2.35. The van der Waals surface area contributed by atoms with Crippen LogP contribution in [0, 0.1) is 10.1 Å². The quantitative estimate of drug-likeness (QED) is 0.299. The maximum Gasteiger partial charge on any atom is 0.427 e. The molecule has 12 nitrogen and oxygen atoms in total. The molecule has 1 aliphatic rings.